The monoisotopic (exact) mass is 326 g/mol. The Balaban J connectivity index is 1.91. The van der Waals surface area contributed by atoms with E-state index >= 15 is 0 Å². The highest BCUT2D eigenvalue weighted by Crippen LogP contribution is 2.33. The normalized spacial score (nSPS) is 11.0. The molecule has 3 aromatic rings. The summed E-state index contributed by atoms with van der Waals surface area (Å²) in [6.45, 7) is -2.87. The number of alkyl halides is 2. The van der Waals surface area contributed by atoms with E-state index in [-0.39, 0.29) is 5.75 Å². The van der Waals surface area contributed by atoms with Gasteiger partial charge in [0.05, 0.1) is 15.9 Å². The van der Waals surface area contributed by atoms with E-state index in [2.05, 4.69) is 15.0 Å². The van der Waals surface area contributed by atoms with Gasteiger partial charge in [0.15, 0.2) is 5.13 Å². The Morgan fingerprint density at radius 1 is 1.19 bits per heavy atom. The van der Waals surface area contributed by atoms with E-state index in [9.17, 15) is 8.78 Å². The summed E-state index contributed by atoms with van der Waals surface area (Å²) in [4.78, 5) is 4.37. The fourth-order valence-corrected chi connectivity index (χ4v) is 2.86. The first-order chi connectivity index (χ1) is 10.1. The molecule has 0 bridgehead atoms. The molecule has 0 unspecified atom stereocenters. The highest BCUT2D eigenvalue weighted by Gasteiger charge is 2.11. The third kappa shape index (κ3) is 3.22. The summed E-state index contributed by atoms with van der Waals surface area (Å²) in [5.41, 5.74) is 1.19. The van der Waals surface area contributed by atoms with Crippen molar-refractivity contribution < 1.29 is 13.5 Å². The average Bonchev–Trinajstić information content (AvgIpc) is 2.82. The summed E-state index contributed by atoms with van der Waals surface area (Å²) in [5, 5.41) is 4.17. The number of nitrogens with one attached hydrogen (secondary N) is 1. The number of para-hydroxylation sites is 2. The third-order valence-electron chi connectivity index (χ3n) is 2.69. The number of fused-ring (bicyclic) bond motifs is 1. The van der Waals surface area contributed by atoms with Gasteiger partial charge in [-0.1, -0.05) is 35.1 Å². The molecule has 3 nitrogen and oxygen atoms in total. The lowest BCUT2D eigenvalue weighted by Crippen LogP contribution is -2.04. The van der Waals surface area contributed by atoms with E-state index in [0.29, 0.717) is 15.8 Å². The third-order valence-corrected chi connectivity index (χ3v) is 3.88. The molecule has 21 heavy (non-hydrogen) atoms. The van der Waals surface area contributed by atoms with Crippen LogP contribution in [0, 0.1) is 0 Å². The van der Waals surface area contributed by atoms with Crippen molar-refractivity contribution in [2.75, 3.05) is 5.32 Å². The molecule has 0 radical (unpaired) electrons. The number of benzene rings is 2. The fraction of sp³-hybridized carbons (Fsp3) is 0.0714. The highest BCUT2D eigenvalue weighted by molar-refractivity contribution is 7.22. The van der Waals surface area contributed by atoms with Crippen LogP contribution in [-0.4, -0.2) is 11.6 Å². The highest BCUT2D eigenvalue weighted by atomic mass is 35.5. The number of hydrogen-bond acceptors (Lipinski definition) is 4. The molecule has 2 aromatic carbocycles. The summed E-state index contributed by atoms with van der Waals surface area (Å²) in [6, 6.07) is 11.9. The Morgan fingerprint density at radius 3 is 2.81 bits per heavy atom. The van der Waals surface area contributed by atoms with Crippen LogP contribution in [0.15, 0.2) is 42.5 Å². The van der Waals surface area contributed by atoms with Crippen LogP contribution in [-0.2, 0) is 0 Å². The predicted molar refractivity (Wildman–Crippen MR) is 81.0 cm³/mol. The summed E-state index contributed by atoms with van der Waals surface area (Å²) >= 11 is 7.32. The maximum Gasteiger partial charge on any atom is 0.387 e. The second-order valence-electron chi connectivity index (χ2n) is 4.13. The zero-order chi connectivity index (χ0) is 14.8. The van der Waals surface area contributed by atoms with Gasteiger partial charge in [0.25, 0.3) is 0 Å². The van der Waals surface area contributed by atoms with Crippen molar-refractivity contribution in [3.63, 3.8) is 0 Å². The van der Waals surface area contributed by atoms with Crippen molar-refractivity contribution in [1.29, 1.82) is 0 Å². The van der Waals surface area contributed by atoms with Crippen LogP contribution in [0.5, 0.6) is 5.75 Å². The molecule has 0 saturated heterocycles. The Morgan fingerprint density at radius 2 is 2.00 bits per heavy atom. The van der Waals surface area contributed by atoms with Gasteiger partial charge in [0, 0.05) is 5.02 Å². The first kappa shape index (κ1) is 14.0. The van der Waals surface area contributed by atoms with Crippen molar-refractivity contribution in [1.82, 2.24) is 4.98 Å². The number of ether oxygens (including phenoxy) is 1. The molecule has 7 heteroatoms. The average molecular weight is 327 g/mol. The van der Waals surface area contributed by atoms with Crippen molar-refractivity contribution in [3.05, 3.63) is 47.5 Å². The van der Waals surface area contributed by atoms with Gasteiger partial charge in [0.1, 0.15) is 5.75 Å². The summed E-state index contributed by atoms with van der Waals surface area (Å²) in [6.07, 6.45) is 0. The van der Waals surface area contributed by atoms with Crippen LogP contribution < -0.4 is 10.1 Å². The molecule has 108 valence electrons. The number of halogens is 3. The molecule has 1 heterocycles. The summed E-state index contributed by atoms with van der Waals surface area (Å²) in [7, 11) is 0. The zero-order valence-corrected chi connectivity index (χ0v) is 12.1. The first-order valence-corrected chi connectivity index (χ1v) is 7.18. The van der Waals surface area contributed by atoms with Crippen LogP contribution >= 0.6 is 22.9 Å². The van der Waals surface area contributed by atoms with Crippen molar-refractivity contribution >= 4 is 44.0 Å². The lowest BCUT2D eigenvalue weighted by atomic mass is 10.3. The molecular formula is C14H9ClF2N2OS. The SMILES string of the molecule is FC(F)Oc1ccccc1Nc1nc2cc(Cl)ccc2s1. The molecule has 0 aliphatic heterocycles. The first-order valence-electron chi connectivity index (χ1n) is 5.99. The van der Waals surface area contributed by atoms with Crippen molar-refractivity contribution in [2.45, 2.75) is 6.61 Å². The van der Waals surface area contributed by atoms with Crippen LogP contribution in [0.4, 0.5) is 19.6 Å². The van der Waals surface area contributed by atoms with Gasteiger partial charge >= 0.3 is 6.61 Å². The minimum atomic E-state index is -2.87. The number of anilines is 2. The van der Waals surface area contributed by atoms with E-state index < -0.39 is 6.61 Å². The Bertz CT molecular complexity index is 779. The molecule has 0 spiro atoms. The largest absolute Gasteiger partial charge is 0.433 e. The van der Waals surface area contributed by atoms with Gasteiger partial charge in [-0.15, -0.1) is 0 Å². The maximum atomic E-state index is 12.4. The number of rotatable bonds is 4. The van der Waals surface area contributed by atoms with Crippen molar-refractivity contribution in [3.8, 4) is 5.75 Å². The number of nitrogens with zero attached hydrogens (tertiary/aromatic N) is 1. The van der Waals surface area contributed by atoms with E-state index in [1.165, 1.54) is 17.4 Å². The van der Waals surface area contributed by atoms with Gasteiger partial charge in [-0.25, -0.2) is 4.98 Å². The van der Waals surface area contributed by atoms with Crippen LogP contribution in [0.25, 0.3) is 10.2 Å². The van der Waals surface area contributed by atoms with Crippen LogP contribution in [0.1, 0.15) is 0 Å². The predicted octanol–water partition coefficient (Wildman–Crippen LogP) is 5.29. The number of hydrogen-bond donors (Lipinski definition) is 1. The topological polar surface area (TPSA) is 34.1 Å². The quantitative estimate of drug-likeness (QED) is 0.707. The minimum Gasteiger partial charge on any atom is -0.433 e. The molecular weight excluding hydrogens is 318 g/mol. The van der Waals surface area contributed by atoms with Crippen LogP contribution in [0.3, 0.4) is 0 Å². The van der Waals surface area contributed by atoms with Gasteiger partial charge in [0.2, 0.25) is 0 Å². The van der Waals surface area contributed by atoms with Gasteiger partial charge in [-0.2, -0.15) is 8.78 Å². The molecule has 0 fully saturated rings. The molecule has 0 atom stereocenters. The summed E-state index contributed by atoms with van der Waals surface area (Å²) < 4.78 is 30.2. The number of thiazole rings is 1. The van der Waals surface area contributed by atoms with Gasteiger partial charge < -0.3 is 10.1 Å². The molecule has 3 rings (SSSR count). The lowest BCUT2D eigenvalue weighted by Gasteiger charge is -2.10. The summed E-state index contributed by atoms with van der Waals surface area (Å²) in [5.74, 6) is 0.0739. The van der Waals surface area contributed by atoms with E-state index in [1.807, 2.05) is 6.07 Å². The smallest absolute Gasteiger partial charge is 0.387 e. The number of aromatic nitrogens is 1. The Labute approximate surface area is 128 Å². The molecule has 1 N–H and O–H groups in total. The van der Waals surface area contributed by atoms with E-state index in [4.69, 9.17) is 11.6 Å². The van der Waals surface area contributed by atoms with E-state index in [1.54, 1.807) is 30.3 Å². The standard InChI is InChI=1S/C14H9ClF2N2OS/c15-8-5-6-12-10(7-8)19-14(21-12)18-9-3-1-2-4-11(9)20-13(16)17/h1-7,13H,(H,18,19). The molecule has 0 saturated carbocycles. The molecule has 0 aliphatic carbocycles. The Hall–Kier alpha value is -1.92. The van der Waals surface area contributed by atoms with E-state index in [0.717, 1.165) is 10.2 Å². The second kappa shape index (κ2) is 5.83. The lowest BCUT2D eigenvalue weighted by molar-refractivity contribution is -0.0493. The van der Waals surface area contributed by atoms with Crippen molar-refractivity contribution in [2.24, 2.45) is 0 Å². The van der Waals surface area contributed by atoms with Gasteiger partial charge in [-0.3, -0.25) is 0 Å². The second-order valence-corrected chi connectivity index (χ2v) is 5.60. The minimum absolute atomic E-state index is 0.0739. The maximum absolute atomic E-state index is 12.4. The molecule has 0 aliphatic rings. The van der Waals surface area contributed by atoms with Gasteiger partial charge in [-0.05, 0) is 30.3 Å². The fourth-order valence-electron chi connectivity index (χ4n) is 1.84. The molecule has 0 amide bonds. The zero-order valence-electron chi connectivity index (χ0n) is 10.5. The molecule has 1 aromatic heterocycles. The van der Waals surface area contributed by atoms with Crippen LogP contribution in [0.2, 0.25) is 5.02 Å². The Kier molecular flexibility index (Phi) is 3.90.